The zero-order valence-electron chi connectivity index (χ0n) is 10.0. The summed E-state index contributed by atoms with van der Waals surface area (Å²) in [6, 6.07) is 7.30. The van der Waals surface area contributed by atoms with E-state index in [1.54, 1.807) is 18.3 Å². The van der Waals surface area contributed by atoms with Crippen LogP contribution in [-0.4, -0.2) is 19.9 Å². The molecule has 1 aromatic carbocycles. The third kappa shape index (κ3) is 2.59. The molecule has 0 aliphatic heterocycles. The van der Waals surface area contributed by atoms with Crippen LogP contribution >= 0.6 is 23.4 Å². The number of nitrogens with two attached hydrogens (primary N) is 1. The SMILES string of the molecule is Nc1nc2ncc(Sc3ccc(Cl)cc3)nc2c(=O)[nH]1. The summed E-state index contributed by atoms with van der Waals surface area (Å²) < 4.78 is 0. The minimum Gasteiger partial charge on any atom is -0.369 e. The fraction of sp³-hybridized carbons (Fsp3) is 0. The molecule has 0 saturated heterocycles. The van der Waals surface area contributed by atoms with Gasteiger partial charge in [0.1, 0.15) is 5.03 Å². The average Bonchev–Trinajstić information content (AvgIpc) is 2.42. The molecule has 6 nitrogen and oxygen atoms in total. The molecular weight excluding hydrogens is 298 g/mol. The monoisotopic (exact) mass is 305 g/mol. The second-order valence-electron chi connectivity index (χ2n) is 3.89. The van der Waals surface area contributed by atoms with Crippen LogP contribution in [0.15, 0.2) is 45.2 Å². The molecule has 0 spiro atoms. The fourth-order valence-electron chi connectivity index (χ4n) is 1.59. The number of aromatic nitrogens is 4. The lowest BCUT2D eigenvalue weighted by Crippen LogP contribution is -2.13. The number of benzene rings is 1. The Morgan fingerprint density at radius 3 is 2.70 bits per heavy atom. The molecule has 3 N–H and O–H groups in total. The minimum atomic E-state index is -0.404. The maximum atomic E-state index is 11.7. The van der Waals surface area contributed by atoms with Crippen molar-refractivity contribution in [2.24, 2.45) is 0 Å². The Morgan fingerprint density at radius 2 is 1.95 bits per heavy atom. The molecule has 0 saturated carbocycles. The van der Waals surface area contributed by atoms with Crippen molar-refractivity contribution >= 4 is 40.5 Å². The molecule has 0 radical (unpaired) electrons. The lowest BCUT2D eigenvalue weighted by atomic mass is 10.4. The van der Waals surface area contributed by atoms with Gasteiger partial charge in [-0.05, 0) is 24.3 Å². The van der Waals surface area contributed by atoms with Gasteiger partial charge < -0.3 is 5.73 Å². The van der Waals surface area contributed by atoms with E-state index in [0.29, 0.717) is 10.0 Å². The van der Waals surface area contributed by atoms with Gasteiger partial charge in [0, 0.05) is 9.92 Å². The molecule has 3 aromatic rings. The maximum Gasteiger partial charge on any atom is 0.280 e. The lowest BCUT2D eigenvalue weighted by Gasteiger charge is -2.02. The topological polar surface area (TPSA) is 97.5 Å². The van der Waals surface area contributed by atoms with Gasteiger partial charge in [0.25, 0.3) is 5.56 Å². The summed E-state index contributed by atoms with van der Waals surface area (Å²) in [6.07, 6.45) is 1.55. The van der Waals surface area contributed by atoms with Gasteiger partial charge in [0.2, 0.25) is 5.95 Å². The van der Waals surface area contributed by atoms with Crippen molar-refractivity contribution in [1.82, 2.24) is 19.9 Å². The van der Waals surface area contributed by atoms with Crippen molar-refractivity contribution in [1.29, 1.82) is 0 Å². The van der Waals surface area contributed by atoms with E-state index >= 15 is 0 Å². The predicted octanol–water partition coefficient (Wildman–Crippen LogP) is 2.10. The number of anilines is 1. The van der Waals surface area contributed by atoms with Gasteiger partial charge in [0.15, 0.2) is 11.2 Å². The van der Waals surface area contributed by atoms with Crippen LogP contribution in [0.5, 0.6) is 0 Å². The first kappa shape index (κ1) is 12.9. The third-order valence-corrected chi connectivity index (χ3v) is 3.62. The Balaban J connectivity index is 2.01. The van der Waals surface area contributed by atoms with Crippen LogP contribution in [-0.2, 0) is 0 Å². The average molecular weight is 306 g/mol. The van der Waals surface area contributed by atoms with Crippen molar-refractivity contribution in [2.75, 3.05) is 5.73 Å². The van der Waals surface area contributed by atoms with E-state index < -0.39 is 5.56 Å². The predicted molar refractivity (Wildman–Crippen MR) is 77.9 cm³/mol. The number of H-pyrrole nitrogens is 1. The van der Waals surface area contributed by atoms with Gasteiger partial charge in [-0.25, -0.2) is 9.97 Å². The molecule has 2 aromatic heterocycles. The number of fused-ring (bicyclic) bond motifs is 1. The van der Waals surface area contributed by atoms with Gasteiger partial charge >= 0.3 is 0 Å². The molecule has 0 atom stereocenters. The molecule has 0 bridgehead atoms. The van der Waals surface area contributed by atoms with E-state index in [9.17, 15) is 4.79 Å². The largest absolute Gasteiger partial charge is 0.369 e. The molecule has 0 fully saturated rings. The summed E-state index contributed by atoms with van der Waals surface area (Å²) in [5.41, 5.74) is 5.44. The molecular formula is C12H8ClN5OS. The van der Waals surface area contributed by atoms with Crippen LogP contribution in [0.4, 0.5) is 5.95 Å². The normalized spacial score (nSPS) is 10.8. The van der Waals surface area contributed by atoms with E-state index in [2.05, 4.69) is 19.9 Å². The van der Waals surface area contributed by atoms with E-state index in [0.717, 1.165) is 4.90 Å². The second kappa shape index (κ2) is 5.10. The van der Waals surface area contributed by atoms with Gasteiger partial charge in [-0.2, -0.15) is 4.98 Å². The van der Waals surface area contributed by atoms with Crippen molar-refractivity contribution < 1.29 is 0 Å². The third-order valence-electron chi connectivity index (χ3n) is 2.45. The van der Waals surface area contributed by atoms with Crippen molar-refractivity contribution in [3.05, 3.63) is 45.8 Å². The molecule has 0 aliphatic rings. The zero-order valence-corrected chi connectivity index (χ0v) is 11.6. The van der Waals surface area contributed by atoms with E-state index in [1.165, 1.54) is 11.8 Å². The van der Waals surface area contributed by atoms with Crippen LogP contribution in [0.3, 0.4) is 0 Å². The number of hydrogen-bond acceptors (Lipinski definition) is 6. The number of hydrogen-bond donors (Lipinski definition) is 2. The lowest BCUT2D eigenvalue weighted by molar-refractivity contribution is 1.06. The van der Waals surface area contributed by atoms with Crippen LogP contribution in [0.25, 0.3) is 11.2 Å². The summed E-state index contributed by atoms with van der Waals surface area (Å²) in [5.74, 6) is 0.0231. The zero-order chi connectivity index (χ0) is 14.1. The Bertz CT molecular complexity index is 833. The van der Waals surface area contributed by atoms with Gasteiger partial charge in [-0.3, -0.25) is 9.78 Å². The Labute approximate surface area is 122 Å². The Hall–Kier alpha value is -2.12. The molecule has 0 unspecified atom stereocenters. The van der Waals surface area contributed by atoms with Crippen LogP contribution in [0, 0.1) is 0 Å². The molecule has 20 heavy (non-hydrogen) atoms. The molecule has 0 aliphatic carbocycles. The highest BCUT2D eigenvalue weighted by Crippen LogP contribution is 2.26. The fourth-order valence-corrected chi connectivity index (χ4v) is 2.47. The van der Waals surface area contributed by atoms with Gasteiger partial charge in [0.05, 0.1) is 6.20 Å². The first-order chi connectivity index (χ1) is 9.61. The Morgan fingerprint density at radius 1 is 1.20 bits per heavy atom. The summed E-state index contributed by atoms with van der Waals surface area (Å²) in [4.78, 5) is 27.3. The van der Waals surface area contributed by atoms with Gasteiger partial charge in [-0.1, -0.05) is 23.4 Å². The van der Waals surface area contributed by atoms with E-state index in [4.69, 9.17) is 17.3 Å². The minimum absolute atomic E-state index is 0.0231. The van der Waals surface area contributed by atoms with Gasteiger partial charge in [-0.15, -0.1) is 0 Å². The number of nitrogens with one attached hydrogen (secondary N) is 1. The molecule has 3 rings (SSSR count). The molecule has 8 heteroatoms. The summed E-state index contributed by atoms with van der Waals surface area (Å²) in [6.45, 7) is 0. The quantitative estimate of drug-likeness (QED) is 0.752. The number of nitrogens with zero attached hydrogens (tertiary/aromatic N) is 3. The second-order valence-corrected chi connectivity index (χ2v) is 5.42. The van der Waals surface area contributed by atoms with Crippen LogP contribution in [0.1, 0.15) is 0 Å². The van der Waals surface area contributed by atoms with Crippen molar-refractivity contribution in [2.45, 2.75) is 9.92 Å². The number of rotatable bonds is 2. The van der Waals surface area contributed by atoms with Crippen molar-refractivity contribution in [3.8, 4) is 0 Å². The number of aromatic amines is 1. The molecule has 100 valence electrons. The number of nitrogen functional groups attached to an aromatic ring is 1. The number of halogens is 1. The smallest absolute Gasteiger partial charge is 0.280 e. The molecule has 0 amide bonds. The van der Waals surface area contributed by atoms with Crippen molar-refractivity contribution in [3.63, 3.8) is 0 Å². The summed E-state index contributed by atoms with van der Waals surface area (Å²) >= 11 is 7.21. The highest BCUT2D eigenvalue weighted by molar-refractivity contribution is 7.99. The highest BCUT2D eigenvalue weighted by Gasteiger charge is 2.07. The van der Waals surface area contributed by atoms with Crippen LogP contribution in [0.2, 0.25) is 5.02 Å². The van der Waals surface area contributed by atoms with Crippen LogP contribution < -0.4 is 11.3 Å². The first-order valence-corrected chi connectivity index (χ1v) is 6.77. The Kier molecular flexibility index (Phi) is 3.29. The highest BCUT2D eigenvalue weighted by atomic mass is 35.5. The summed E-state index contributed by atoms with van der Waals surface area (Å²) in [7, 11) is 0. The molecule has 2 heterocycles. The van der Waals surface area contributed by atoms with E-state index in [1.807, 2.05) is 12.1 Å². The first-order valence-electron chi connectivity index (χ1n) is 5.58. The summed E-state index contributed by atoms with van der Waals surface area (Å²) in [5, 5.41) is 1.26. The standard InChI is InChI=1S/C12H8ClN5OS/c13-6-1-3-7(4-2-6)20-8-5-15-10-9(16-8)11(19)18-12(14)17-10/h1-5H,(H3,14,15,17,18,19). The van der Waals surface area contributed by atoms with E-state index in [-0.39, 0.29) is 17.1 Å². The maximum absolute atomic E-state index is 11.7.